The van der Waals surface area contributed by atoms with E-state index in [2.05, 4.69) is 15.6 Å². The first-order valence-electron chi connectivity index (χ1n) is 9.38. The van der Waals surface area contributed by atoms with E-state index in [1.54, 1.807) is 24.0 Å². The standard InChI is InChI=1S/C20H26N4O2S/c1-3-21-18(26)20(10-5-4-6-11-20)23-17(25)15-8-7-9-16(14-15)24-13-12-22-19(24)27-2/h7-9,12-14H,3-6,10-11H2,1-2H3,(H,21,26)(H,23,25). The molecule has 1 saturated carbocycles. The Bertz CT molecular complexity index is 812. The summed E-state index contributed by atoms with van der Waals surface area (Å²) in [6.07, 6.45) is 9.95. The molecule has 144 valence electrons. The molecule has 2 N–H and O–H groups in total. The van der Waals surface area contributed by atoms with Gasteiger partial charge in [0, 0.05) is 30.2 Å². The van der Waals surface area contributed by atoms with E-state index < -0.39 is 5.54 Å². The van der Waals surface area contributed by atoms with Crippen LogP contribution in [0.1, 0.15) is 49.4 Å². The predicted molar refractivity (Wildman–Crippen MR) is 107 cm³/mol. The van der Waals surface area contributed by atoms with Gasteiger partial charge < -0.3 is 10.6 Å². The maximum atomic E-state index is 13.0. The molecule has 6 nitrogen and oxygen atoms in total. The summed E-state index contributed by atoms with van der Waals surface area (Å²) in [5.41, 5.74) is 0.614. The van der Waals surface area contributed by atoms with Crippen LogP contribution in [0.3, 0.4) is 0 Å². The average Bonchev–Trinajstić information content (AvgIpc) is 3.18. The van der Waals surface area contributed by atoms with Crippen molar-refractivity contribution in [3.8, 4) is 5.69 Å². The number of imidazole rings is 1. The second kappa shape index (κ2) is 8.61. The summed E-state index contributed by atoms with van der Waals surface area (Å²) >= 11 is 1.55. The molecule has 7 heteroatoms. The van der Waals surface area contributed by atoms with Crippen LogP contribution in [-0.4, -0.2) is 39.7 Å². The largest absolute Gasteiger partial charge is 0.354 e. The maximum Gasteiger partial charge on any atom is 0.252 e. The molecule has 1 aliphatic rings. The minimum absolute atomic E-state index is 0.0755. The highest BCUT2D eigenvalue weighted by molar-refractivity contribution is 7.98. The fraction of sp³-hybridized carbons (Fsp3) is 0.450. The Kier molecular flexibility index (Phi) is 6.21. The zero-order valence-electron chi connectivity index (χ0n) is 15.8. The Labute approximate surface area is 164 Å². The van der Waals surface area contributed by atoms with Gasteiger partial charge in [0.15, 0.2) is 5.16 Å². The minimum atomic E-state index is -0.805. The molecule has 1 fully saturated rings. The van der Waals surface area contributed by atoms with E-state index in [1.807, 2.05) is 42.1 Å². The van der Waals surface area contributed by atoms with Gasteiger partial charge in [0.05, 0.1) is 0 Å². The van der Waals surface area contributed by atoms with Crippen molar-refractivity contribution in [3.05, 3.63) is 42.2 Å². The molecule has 1 aliphatic carbocycles. The molecule has 2 aromatic rings. The van der Waals surface area contributed by atoms with Gasteiger partial charge in [0.1, 0.15) is 5.54 Å². The molecular formula is C20H26N4O2S. The predicted octanol–water partition coefficient (Wildman–Crippen LogP) is 3.16. The van der Waals surface area contributed by atoms with Crippen molar-refractivity contribution in [2.75, 3.05) is 12.8 Å². The van der Waals surface area contributed by atoms with Gasteiger partial charge in [-0.3, -0.25) is 14.2 Å². The third-order valence-corrected chi connectivity index (χ3v) is 5.68. The first-order valence-corrected chi connectivity index (χ1v) is 10.6. The Hall–Kier alpha value is -2.28. The summed E-state index contributed by atoms with van der Waals surface area (Å²) in [5.74, 6) is -0.288. The van der Waals surface area contributed by atoms with E-state index >= 15 is 0 Å². The number of nitrogens with zero attached hydrogens (tertiary/aromatic N) is 2. The highest BCUT2D eigenvalue weighted by atomic mass is 32.2. The van der Waals surface area contributed by atoms with Crippen molar-refractivity contribution in [2.45, 2.75) is 49.7 Å². The molecule has 0 saturated heterocycles. The van der Waals surface area contributed by atoms with E-state index in [0.717, 1.165) is 30.1 Å². The van der Waals surface area contributed by atoms with Crippen LogP contribution < -0.4 is 10.6 Å². The number of benzene rings is 1. The first kappa shape index (κ1) is 19.5. The van der Waals surface area contributed by atoms with Crippen molar-refractivity contribution in [1.82, 2.24) is 20.2 Å². The van der Waals surface area contributed by atoms with Gasteiger partial charge in [-0.2, -0.15) is 0 Å². The summed E-state index contributed by atoms with van der Waals surface area (Å²) in [5, 5.41) is 6.81. The summed E-state index contributed by atoms with van der Waals surface area (Å²) in [4.78, 5) is 30.0. The van der Waals surface area contributed by atoms with Gasteiger partial charge in [-0.15, -0.1) is 0 Å². The summed E-state index contributed by atoms with van der Waals surface area (Å²) in [6, 6.07) is 7.42. The summed E-state index contributed by atoms with van der Waals surface area (Å²) in [7, 11) is 0. The molecule has 0 unspecified atom stereocenters. The average molecular weight is 387 g/mol. The normalized spacial score (nSPS) is 15.9. The van der Waals surface area contributed by atoms with Crippen molar-refractivity contribution in [3.63, 3.8) is 0 Å². The zero-order valence-corrected chi connectivity index (χ0v) is 16.6. The second-order valence-electron chi connectivity index (χ2n) is 6.79. The molecule has 1 aromatic heterocycles. The zero-order chi connectivity index (χ0) is 19.3. The topological polar surface area (TPSA) is 76.0 Å². The van der Waals surface area contributed by atoms with E-state index in [1.165, 1.54) is 0 Å². The number of hydrogen-bond donors (Lipinski definition) is 2. The smallest absolute Gasteiger partial charge is 0.252 e. The molecule has 3 rings (SSSR count). The molecule has 0 atom stereocenters. The van der Waals surface area contributed by atoms with Gasteiger partial charge in [0.2, 0.25) is 5.91 Å². The Balaban J connectivity index is 1.84. The maximum absolute atomic E-state index is 13.0. The summed E-state index contributed by atoms with van der Waals surface area (Å²) < 4.78 is 1.95. The molecule has 0 spiro atoms. The van der Waals surface area contributed by atoms with E-state index in [9.17, 15) is 9.59 Å². The minimum Gasteiger partial charge on any atom is -0.354 e. The number of likely N-dealkylation sites (N-methyl/N-ethyl adjacent to an activating group) is 1. The van der Waals surface area contributed by atoms with Gasteiger partial charge in [-0.25, -0.2) is 4.98 Å². The molecule has 0 aliphatic heterocycles. The number of rotatable bonds is 6. The lowest BCUT2D eigenvalue weighted by molar-refractivity contribution is -0.128. The lowest BCUT2D eigenvalue weighted by atomic mass is 9.80. The number of aromatic nitrogens is 2. The first-order chi connectivity index (χ1) is 13.1. The number of thioether (sulfide) groups is 1. The number of amides is 2. The number of nitrogens with one attached hydrogen (secondary N) is 2. The highest BCUT2D eigenvalue weighted by Gasteiger charge is 2.40. The molecule has 1 aromatic carbocycles. The van der Waals surface area contributed by atoms with Gasteiger partial charge in [-0.1, -0.05) is 37.1 Å². The Morgan fingerprint density at radius 2 is 2.04 bits per heavy atom. The number of hydrogen-bond acceptors (Lipinski definition) is 4. The lowest BCUT2D eigenvalue weighted by Crippen LogP contribution is -2.59. The van der Waals surface area contributed by atoms with Gasteiger partial charge in [0.25, 0.3) is 5.91 Å². The lowest BCUT2D eigenvalue weighted by Gasteiger charge is -2.36. The van der Waals surface area contributed by atoms with Crippen LogP contribution >= 0.6 is 11.8 Å². The van der Waals surface area contributed by atoms with Crippen LogP contribution in [0.5, 0.6) is 0 Å². The number of carbonyl (C=O) groups is 2. The fourth-order valence-corrected chi connectivity index (χ4v) is 4.15. The molecular weight excluding hydrogens is 360 g/mol. The fourth-order valence-electron chi connectivity index (χ4n) is 3.62. The monoisotopic (exact) mass is 386 g/mol. The Morgan fingerprint density at radius 3 is 2.74 bits per heavy atom. The van der Waals surface area contributed by atoms with E-state index in [-0.39, 0.29) is 11.8 Å². The quantitative estimate of drug-likeness (QED) is 0.748. The van der Waals surface area contributed by atoms with Crippen LogP contribution in [0.25, 0.3) is 5.69 Å². The molecule has 1 heterocycles. The second-order valence-corrected chi connectivity index (χ2v) is 7.56. The van der Waals surface area contributed by atoms with Crippen LogP contribution in [0, 0.1) is 0 Å². The van der Waals surface area contributed by atoms with Gasteiger partial charge >= 0.3 is 0 Å². The van der Waals surface area contributed by atoms with Crippen molar-refractivity contribution in [2.24, 2.45) is 0 Å². The highest BCUT2D eigenvalue weighted by Crippen LogP contribution is 2.29. The van der Waals surface area contributed by atoms with Crippen LogP contribution in [0.4, 0.5) is 0 Å². The molecule has 2 amide bonds. The van der Waals surface area contributed by atoms with E-state index in [0.29, 0.717) is 24.9 Å². The van der Waals surface area contributed by atoms with Crippen molar-refractivity contribution in [1.29, 1.82) is 0 Å². The van der Waals surface area contributed by atoms with Crippen LogP contribution in [0.15, 0.2) is 41.8 Å². The van der Waals surface area contributed by atoms with Crippen LogP contribution in [0.2, 0.25) is 0 Å². The van der Waals surface area contributed by atoms with Crippen molar-refractivity contribution < 1.29 is 9.59 Å². The third kappa shape index (κ3) is 4.18. The third-order valence-electron chi connectivity index (χ3n) is 5.01. The van der Waals surface area contributed by atoms with Crippen molar-refractivity contribution >= 4 is 23.6 Å². The van der Waals surface area contributed by atoms with Gasteiger partial charge in [-0.05, 0) is 44.2 Å². The summed E-state index contributed by atoms with van der Waals surface area (Å²) in [6.45, 7) is 2.46. The molecule has 0 radical (unpaired) electrons. The van der Waals surface area contributed by atoms with Crippen LogP contribution in [-0.2, 0) is 4.79 Å². The SMILES string of the molecule is CCNC(=O)C1(NC(=O)c2cccc(-n3ccnc3SC)c2)CCCCC1. The molecule has 0 bridgehead atoms. The van der Waals surface area contributed by atoms with E-state index in [4.69, 9.17) is 0 Å². The number of carbonyl (C=O) groups excluding carboxylic acids is 2. The Morgan fingerprint density at radius 1 is 1.26 bits per heavy atom. The molecule has 27 heavy (non-hydrogen) atoms.